The van der Waals surface area contributed by atoms with Crippen LogP contribution in [0.15, 0.2) is 6.20 Å². The summed E-state index contributed by atoms with van der Waals surface area (Å²) < 4.78 is 1.94. The summed E-state index contributed by atoms with van der Waals surface area (Å²) in [7, 11) is 2.00. The van der Waals surface area contributed by atoms with Crippen molar-refractivity contribution < 1.29 is 0 Å². The van der Waals surface area contributed by atoms with Crippen LogP contribution in [0.4, 0.5) is 0 Å². The van der Waals surface area contributed by atoms with Crippen molar-refractivity contribution in [2.45, 2.75) is 65.5 Å². The van der Waals surface area contributed by atoms with Gasteiger partial charge in [0, 0.05) is 30.4 Å². The predicted molar refractivity (Wildman–Crippen MR) is 73.1 cm³/mol. The van der Waals surface area contributed by atoms with Crippen LogP contribution in [0.2, 0.25) is 0 Å². The van der Waals surface area contributed by atoms with E-state index < -0.39 is 0 Å². The van der Waals surface area contributed by atoms with Crippen LogP contribution in [0.3, 0.4) is 0 Å². The Morgan fingerprint density at radius 3 is 2.59 bits per heavy atom. The van der Waals surface area contributed by atoms with Crippen LogP contribution in [-0.2, 0) is 7.05 Å². The van der Waals surface area contributed by atoms with Gasteiger partial charge >= 0.3 is 0 Å². The first-order valence-electron chi connectivity index (χ1n) is 6.80. The van der Waals surface area contributed by atoms with E-state index in [1.54, 1.807) is 0 Å². The number of aryl methyl sites for hydroxylation is 1. The molecule has 0 radical (unpaired) electrons. The molecule has 0 amide bonds. The van der Waals surface area contributed by atoms with Crippen molar-refractivity contribution in [3.05, 3.63) is 17.5 Å². The van der Waals surface area contributed by atoms with E-state index in [2.05, 4.69) is 38.1 Å². The standard InChI is InChI=1S/C14H27N3/c1-6-7-8-9-11(2)16-12(3)14-10-15-17(5)13(14)4/h10-12,16H,6-9H2,1-5H3. The summed E-state index contributed by atoms with van der Waals surface area (Å²) in [6.45, 7) is 8.88. The van der Waals surface area contributed by atoms with Crippen LogP contribution in [0.1, 0.15) is 63.8 Å². The van der Waals surface area contributed by atoms with E-state index in [0.717, 1.165) is 0 Å². The topological polar surface area (TPSA) is 29.9 Å². The van der Waals surface area contributed by atoms with Crippen LogP contribution in [0.25, 0.3) is 0 Å². The van der Waals surface area contributed by atoms with E-state index in [-0.39, 0.29) is 0 Å². The van der Waals surface area contributed by atoms with Gasteiger partial charge < -0.3 is 5.32 Å². The molecule has 1 aromatic heterocycles. The molecule has 1 heterocycles. The lowest BCUT2D eigenvalue weighted by atomic mass is 10.1. The molecule has 2 atom stereocenters. The maximum atomic E-state index is 4.30. The summed E-state index contributed by atoms with van der Waals surface area (Å²) in [6.07, 6.45) is 7.20. The fourth-order valence-electron chi connectivity index (χ4n) is 2.24. The molecule has 0 aliphatic heterocycles. The fourth-order valence-corrected chi connectivity index (χ4v) is 2.24. The smallest absolute Gasteiger partial charge is 0.0540 e. The monoisotopic (exact) mass is 237 g/mol. The highest BCUT2D eigenvalue weighted by molar-refractivity contribution is 5.19. The van der Waals surface area contributed by atoms with Crippen molar-refractivity contribution in [3.8, 4) is 0 Å². The SMILES string of the molecule is CCCCCC(C)NC(C)c1cnn(C)c1C. The molecule has 0 aliphatic carbocycles. The van der Waals surface area contributed by atoms with Gasteiger partial charge in [-0.15, -0.1) is 0 Å². The van der Waals surface area contributed by atoms with Gasteiger partial charge in [-0.3, -0.25) is 4.68 Å². The molecule has 3 heteroatoms. The van der Waals surface area contributed by atoms with E-state index in [1.807, 2.05) is 17.9 Å². The summed E-state index contributed by atoms with van der Waals surface area (Å²) in [5, 5.41) is 7.95. The van der Waals surface area contributed by atoms with E-state index in [0.29, 0.717) is 12.1 Å². The zero-order valence-electron chi connectivity index (χ0n) is 12.0. The van der Waals surface area contributed by atoms with Crippen molar-refractivity contribution in [1.29, 1.82) is 0 Å². The second kappa shape index (κ2) is 6.80. The molecule has 17 heavy (non-hydrogen) atoms. The van der Waals surface area contributed by atoms with Crippen LogP contribution in [-0.4, -0.2) is 15.8 Å². The van der Waals surface area contributed by atoms with Crippen LogP contribution >= 0.6 is 0 Å². The van der Waals surface area contributed by atoms with E-state index >= 15 is 0 Å². The quantitative estimate of drug-likeness (QED) is 0.737. The molecule has 98 valence electrons. The number of rotatable bonds is 7. The molecule has 0 saturated carbocycles. The maximum absolute atomic E-state index is 4.30. The minimum Gasteiger partial charge on any atom is -0.308 e. The Kier molecular flexibility index (Phi) is 5.69. The average Bonchev–Trinajstić information content (AvgIpc) is 2.60. The van der Waals surface area contributed by atoms with Gasteiger partial charge in [-0.2, -0.15) is 5.10 Å². The molecule has 1 aromatic rings. The van der Waals surface area contributed by atoms with Gasteiger partial charge in [-0.25, -0.2) is 0 Å². The zero-order valence-corrected chi connectivity index (χ0v) is 12.0. The Balaban J connectivity index is 2.43. The van der Waals surface area contributed by atoms with Crippen molar-refractivity contribution in [1.82, 2.24) is 15.1 Å². The highest BCUT2D eigenvalue weighted by Gasteiger charge is 2.13. The molecule has 3 nitrogen and oxygen atoms in total. The fraction of sp³-hybridized carbons (Fsp3) is 0.786. The van der Waals surface area contributed by atoms with Crippen LogP contribution in [0.5, 0.6) is 0 Å². The molecule has 0 saturated heterocycles. The Labute approximate surface area is 106 Å². The third-order valence-corrected chi connectivity index (χ3v) is 3.51. The van der Waals surface area contributed by atoms with Gasteiger partial charge in [0.1, 0.15) is 0 Å². The molecule has 0 bridgehead atoms. The summed E-state index contributed by atoms with van der Waals surface area (Å²) in [5.41, 5.74) is 2.57. The lowest BCUT2D eigenvalue weighted by molar-refractivity contribution is 0.439. The zero-order chi connectivity index (χ0) is 12.8. The average molecular weight is 237 g/mol. The van der Waals surface area contributed by atoms with Gasteiger partial charge in [0.05, 0.1) is 6.20 Å². The first-order valence-corrected chi connectivity index (χ1v) is 6.80. The molecule has 0 aliphatic rings. The Hall–Kier alpha value is -0.830. The van der Waals surface area contributed by atoms with Gasteiger partial charge in [-0.1, -0.05) is 26.2 Å². The van der Waals surface area contributed by atoms with Gasteiger partial charge in [0.15, 0.2) is 0 Å². The first-order chi connectivity index (χ1) is 8.06. The first kappa shape index (κ1) is 14.2. The Morgan fingerprint density at radius 1 is 1.35 bits per heavy atom. The van der Waals surface area contributed by atoms with Gasteiger partial charge in [0.25, 0.3) is 0 Å². The second-order valence-corrected chi connectivity index (χ2v) is 5.09. The lowest BCUT2D eigenvalue weighted by Crippen LogP contribution is -2.29. The van der Waals surface area contributed by atoms with Crippen LogP contribution in [0, 0.1) is 6.92 Å². The number of hydrogen-bond donors (Lipinski definition) is 1. The molecule has 0 aromatic carbocycles. The summed E-state index contributed by atoms with van der Waals surface area (Å²) in [6, 6.07) is 0.969. The number of aromatic nitrogens is 2. The van der Waals surface area contributed by atoms with Gasteiger partial charge in [-0.05, 0) is 27.2 Å². The highest BCUT2D eigenvalue weighted by Crippen LogP contribution is 2.17. The molecule has 2 unspecified atom stereocenters. The number of unbranched alkanes of at least 4 members (excludes halogenated alkanes) is 2. The molecule has 1 rings (SSSR count). The lowest BCUT2D eigenvalue weighted by Gasteiger charge is -2.20. The van der Waals surface area contributed by atoms with E-state index in [1.165, 1.54) is 36.9 Å². The van der Waals surface area contributed by atoms with Crippen molar-refractivity contribution in [3.63, 3.8) is 0 Å². The van der Waals surface area contributed by atoms with Crippen molar-refractivity contribution in [2.75, 3.05) is 0 Å². The molecular weight excluding hydrogens is 210 g/mol. The molecular formula is C14H27N3. The van der Waals surface area contributed by atoms with Crippen molar-refractivity contribution in [2.24, 2.45) is 7.05 Å². The summed E-state index contributed by atoms with van der Waals surface area (Å²) in [4.78, 5) is 0. The predicted octanol–water partition coefficient (Wildman–Crippen LogP) is 3.35. The third-order valence-electron chi connectivity index (χ3n) is 3.51. The van der Waals surface area contributed by atoms with Gasteiger partial charge in [0.2, 0.25) is 0 Å². The number of nitrogens with zero attached hydrogens (tertiary/aromatic N) is 2. The second-order valence-electron chi connectivity index (χ2n) is 5.09. The Bertz CT molecular complexity index is 330. The Morgan fingerprint density at radius 2 is 2.06 bits per heavy atom. The minimum absolute atomic E-state index is 0.389. The van der Waals surface area contributed by atoms with Crippen LogP contribution < -0.4 is 5.32 Å². The van der Waals surface area contributed by atoms with E-state index in [4.69, 9.17) is 0 Å². The van der Waals surface area contributed by atoms with Crippen molar-refractivity contribution >= 4 is 0 Å². The molecule has 1 N–H and O–H groups in total. The minimum atomic E-state index is 0.389. The summed E-state index contributed by atoms with van der Waals surface area (Å²) in [5.74, 6) is 0. The normalized spacial score (nSPS) is 14.9. The number of nitrogens with one attached hydrogen (secondary N) is 1. The van der Waals surface area contributed by atoms with E-state index in [9.17, 15) is 0 Å². The number of hydrogen-bond acceptors (Lipinski definition) is 2. The molecule has 0 spiro atoms. The summed E-state index contributed by atoms with van der Waals surface area (Å²) >= 11 is 0. The molecule has 0 fully saturated rings. The largest absolute Gasteiger partial charge is 0.308 e. The highest BCUT2D eigenvalue weighted by atomic mass is 15.3. The third kappa shape index (κ3) is 4.15. The maximum Gasteiger partial charge on any atom is 0.0540 e.